The van der Waals surface area contributed by atoms with Gasteiger partial charge in [0, 0.05) is 13.1 Å². The summed E-state index contributed by atoms with van der Waals surface area (Å²) < 4.78 is 5.60. The van der Waals surface area contributed by atoms with E-state index in [0.717, 1.165) is 24.4 Å². The number of carbonyl (C=O) groups is 1. The van der Waals surface area contributed by atoms with E-state index in [2.05, 4.69) is 25.2 Å². The maximum absolute atomic E-state index is 12.1. The number of nitrogens with zero attached hydrogens (tertiary/aromatic N) is 2. The lowest BCUT2D eigenvalue weighted by Gasteiger charge is -2.22. The van der Waals surface area contributed by atoms with E-state index in [1.807, 2.05) is 29.2 Å². The van der Waals surface area contributed by atoms with E-state index in [1.54, 1.807) is 0 Å². The third-order valence-electron chi connectivity index (χ3n) is 5.26. The fraction of sp³-hybridized carbons (Fsp3) is 0.556. The SMILES string of the molecule is CC1(C)[C@@H]2CN(C(=O)NCCOc3ccc(CC#N)cc3)C[C@H]21. The average molecular weight is 313 g/mol. The van der Waals surface area contributed by atoms with E-state index in [4.69, 9.17) is 10.00 Å². The van der Waals surface area contributed by atoms with Crippen LogP contribution in [0.4, 0.5) is 4.79 Å². The van der Waals surface area contributed by atoms with Crippen LogP contribution in [0.1, 0.15) is 19.4 Å². The summed E-state index contributed by atoms with van der Waals surface area (Å²) in [6.07, 6.45) is 0.408. The lowest BCUT2D eigenvalue weighted by Crippen LogP contribution is -2.42. The summed E-state index contributed by atoms with van der Waals surface area (Å²) in [5.41, 5.74) is 1.40. The second-order valence-corrected chi connectivity index (χ2v) is 7.00. The van der Waals surface area contributed by atoms with E-state index in [1.165, 1.54) is 0 Å². The van der Waals surface area contributed by atoms with Gasteiger partial charge in [0.1, 0.15) is 12.4 Å². The number of rotatable bonds is 5. The minimum absolute atomic E-state index is 0.0148. The molecular weight excluding hydrogens is 290 g/mol. The number of hydrogen-bond donors (Lipinski definition) is 1. The first-order valence-corrected chi connectivity index (χ1v) is 8.14. The van der Waals surface area contributed by atoms with Gasteiger partial charge in [0.25, 0.3) is 0 Å². The van der Waals surface area contributed by atoms with Crippen molar-refractivity contribution in [2.75, 3.05) is 26.2 Å². The van der Waals surface area contributed by atoms with Crippen LogP contribution in [0.5, 0.6) is 5.75 Å². The minimum Gasteiger partial charge on any atom is -0.492 e. The second-order valence-electron chi connectivity index (χ2n) is 7.00. The number of hydrogen-bond acceptors (Lipinski definition) is 3. The molecule has 0 unspecified atom stereocenters. The largest absolute Gasteiger partial charge is 0.492 e. The molecule has 2 amide bonds. The lowest BCUT2D eigenvalue weighted by atomic mass is 10.1. The molecule has 1 N–H and O–H groups in total. The quantitative estimate of drug-likeness (QED) is 0.849. The van der Waals surface area contributed by atoms with Crippen LogP contribution in [0.15, 0.2) is 24.3 Å². The van der Waals surface area contributed by atoms with Gasteiger partial charge in [0.2, 0.25) is 0 Å². The summed E-state index contributed by atoms with van der Waals surface area (Å²) in [4.78, 5) is 14.0. The predicted molar refractivity (Wildman–Crippen MR) is 87.0 cm³/mol. The zero-order valence-electron chi connectivity index (χ0n) is 13.7. The van der Waals surface area contributed by atoms with Crippen molar-refractivity contribution in [3.05, 3.63) is 29.8 Å². The summed E-state index contributed by atoms with van der Waals surface area (Å²) in [6, 6.07) is 9.60. The summed E-state index contributed by atoms with van der Waals surface area (Å²) in [5.74, 6) is 2.11. The van der Waals surface area contributed by atoms with Crippen molar-refractivity contribution < 1.29 is 9.53 Å². The molecule has 3 rings (SSSR count). The highest BCUT2D eigenvalue weighted by atomic mass is 16.5. The topological polar surface area (TPSA) is 65.4 Å². The van der Waals surface area contributed by atoms with Crippen molar-refractivity contribution in [1.29, 1.82) is 5.26 Å². The average Bonchev–Trinajstić information content (AvgIpc) is 2.92. The van der Waals surface area contributed by atoms with Crippen LogP contribution in [0, 0.1) is 28.6 Å². The molecule has 1 saturated heterocycles. The van der Waals surface area contributed by atoms with Crippen LogP contribution in [0.3, 0.4) is 0 Å². The molecule has 1 aromatic rings. The van der Waals surface area contributed by atoms with Crippen molar-refractivity contribution in [2.45, 2.75) is 20.3 Å². The van der Waals surface area contributed by atoms with Gasteiger partial charge in [-0.25, -0.2) is 4.79 Å². The smallest absolute Gasteiger partial charge is 0.317 e. The molecule has 1 aromatic carbocycles. The molecule has 2 fully saturated rings. The van der Waals surface area contributed by atoms with Gasteiger partial charge in [0.05, 0.1) is 19.0 Å². The number of amides is 2. The third kappa shape index (κ3) is 3.26. The van der Waals surface area contributed by atoms with Crippen LogP contribution < -0.4 is 10.1 Å². The molecule has 0 spiro atoms. The van der Waals surface area contributed by atoms with Gasteiger partial charge in [-0.05, 0) is 34.9 Å². The van der Waals surface area contributed by atoms with Gasteiger partial charge in [-0.3, -0.25) is 0 Å². The third-order valence-corrected chi connectivity index (χ3v) is 5.26. The van der Waals surface area contributed by atoms with Crippen molar-refractivity contribution >= 4 is 6.03 Å². The Labute approximate surface area is 137 Å². The van der Waals surface area contributed by atoms with Gasteiger partial charge < -0.3 is 15.0 Å². The second kappa shape index (κ2) is 6.11. The van der Waals surface area contributed by atoms with E-state index in [-0.39, 0.29) is 6.03 Å². The Morgan fingerprint density at radius 1 is 1.35 bits per heavy atom. The Morgan fingerprint density at radius 3 is 2.61 bits per heavy atom. The normalized spacial score (nSPS) is 23.8. The van der Waals surface area contributed by atoms with E-state index >= 15 is 0 Å². The number of urea groups is 1. The van der Waals surface area contributed by atoms with E-state index < -0.39 is 0 Å². The first-order valence-electron chi connectivity index (χ1n) is 8.14. The number of nitriles is 1. The first kappa shape index (κ1) is 15.7. The highest BCUT2D eigenvalue weighted by Crippen LogP contribution is 2.61. The molecule has 5 nitrogen and oxygen atoms in total. The Kier molecular flexibility index (Phi) is 4.16. The first-order chi connectivity index (χ1) is 11.0. The van der Waals surface area contributed by atoms with E-state index in [9.17, 15) is 4.79 Å². The molecule has 2 aliphatic rings. The summed E-state index contributed by atoms with van der Waals surface area (Å²) in [7, 11) is 0. The molecular formula is C18H23N3O2. The molecule has 1 aliphatic carbocycles. The highest BCUT2D eigenvalue weighted by Gasteiger charge is 2.62. The van der Waals surface area contributed by atoms with Crippen LogP contribution in [0.2, 0.25) is 0 Å². The maximum atomic E-state index is 12.1. The molecule has 1 saturated carbocycles. The van der Waals surface area contributed by atoms with E-state index in [0.29, 0.717) is 36.8 Å². The van der Waals surface area contributed by atoms with Gasteiger partial charge >= 0.3 is 6.03 Å². The zero-order valence-corrected chi connectivity index (χ0v) is 13.7. The molecule has 122 valence electrons. The number of benzene rings is 1. The molecule has 5 heteroatoms. The molecule has 1 aliphatic heterocycles. The number of nitrogens with one attached hydrogen (secondary N) is 1. The van der Waals surface area contributed by atoms with Gasteiger partial charge in [-0.2, -0.15) is 5.26 Å². The van der Waals surface area contributed by atoms with Gasteiger partial charge in [-0.1, -0.05) is 26.0 Å². The number of piperidine rings is 1. The Morgan fingerprint density at radius 2 is 2.00 bits per heavy atom. The van der Waals surface area contributed by atoms with Crippen molar-refractivity contribution in [1.82, 2.24) is 10.2 Å². The number of carbonyl (C=O) groups excluding carboxylic acids is 1. The van der Waals surface area contributed by atoms with Crippen LogP contribution in [-0.4, -0.2) is 37.2 Å². The van der Waals surface area contributed by atoms with Crippen LogP contribution >= 0.6 is 0 Å². The van der Waals surface area contributed by atoms with Crippen molar-refractivity contribution in [2.24, 2.45) is 17.3 Å². The fourth-order valence-electron chi connectivity index (χ4n) is 3.53. The molecule has 23 heavy (non-hydrogen) atoms. The monoisotopic (exact) mass is 313 g/mol. The number of fused-ring (bicyclic) bond motifs is 1. The lowest BCUT2D eigenvalue weighted by molar-refractivity contribution is 0.193. The highest BCUT2D eigenvalue weighted by molar-refractivity contribution is 5.74. The van der Waals surface area contributed by atoms with Gasteiger partial charge in [0.15, 0.2) is 0 Å². The van der Waals surface area contributed by atoms with Crippen LogP contribution in [0.25, 0.3) is 0 Å². The Balaban J connectivity index is 1.34. The Bertz CT molecular complexity index is 604. The molecule has 2 atom stereocenters. The number of ether oxygens (including phenoxy) is 1. The summed E-state index contributed by atoms with van der Waals surface area (Å²) >= 11 is 0. The molecule has 1 heterocycles. The van der Waals surface area contributed by atoms with Crippen molar-refractivity contribution in [3.63, 3.8) is 0 Å². The summed E-state index contributed by atoms with van der Waals surface area (Å²) in [5, 5.41) is 11.5. The standard InChI is InChI=1S/C18H23N3O2/c1-18(2)15-11-21(12-16(15)18)17(22)20-9-10-23-14-5-3-13(4-6-14)7-8-19/h3-6,15-16H,7,9-12H2,1-2H3,(H,20,22)/t15-,16-/m1/s1. The molecule has 0 aromatic heterocycles. The molecule has 0 radical (unpaired) electrons. The fourth-order valence-corrected chi connectivity index (χ4v) is 3.53. The minimum atomic E-state index is 0.0148. The molecule has 0 bridgehead atoms. The van der Waals surface area contributed by atoms with Gasteiger partial charge in [-0.15, -0.1) is 0 Å². The van der Waals surface area contributed by atoms with Crippen LogP contribution in [-0.2, 0) is 6.42 Å². The maximum Gasteiger partial charge on any atom is 0.317 e. The van der Waals surface area contributed by atoms with Crippen molar-refractivity contribution in [3.8, 4) is 11.8 Å². The zero-order chi connectivity index (χ0) is 16.4. The Hall–Kier alpha value is -2.22. The summed E-state index contributed by atoms with van der Waals surface area (Å²) in [6.45, 7) is 7.26. The number of likely N-dealkylation sites (tertiary alicyclic amines) is 1. The predicted octanol–water partition coefficient (Wildman–Crippen LogP) is 2.43.